The summed E-state index contributed by atoms with van der Waals surface area (Å²) in [5.74, 6) is 1.13. The Morgan fingerprint density at radius 1 is 1.38 bits per heavy atom. The Balaban J connectivity index is 1.86. The van der Waals surface area contributed by atoms with Crippen molar-refractivity contribution in [2.45, 2.75) is 20.4 Å². The summed E-state index contributed by atoms with van der Waals surface area (Å²) in [6.45, 7) is 6.25. The van der Waals surface area contributed by atoms with Crippen molar-refractivity contribution in [1.29, 1.82) is 0 Å². The van der Waals surface area contributed by atoms with Gasteiger partial charge in [0.05, 0.1) is 0 Å². The van der Waals surface area contributed by atoms with Crippen LogP contribution in [0.4, 0.5) is 0 Å². The average molecular weight is 235 g/mol. The maximum atomic E-state index is 4.55. The van der Waals surface area contributed by atoms with Crippen LogP contribution in [0.15, 0.2) is 29.5 Å². The molecule has 1 aromatic rings. The molecule has 0 spiro atoms. The van der Waals surface area contributed by atoms with E-state index in [-0.39, 0.29) is 0 Å². The summed E-state index contributed by atoms with van der Waals surface area (Å²) in [5.41, 5.74) is 1.58. The van der Waals surface area contributed by atoms with Gasteiger partial charge in [0, 0.05) is 31.2 Å². The van der Waals surface area contributed by atoms with Crippen molar-refractivity contribution in [2.24, 2.45) is 10.4 Å². The predicted molar refractivity (Wildman–Crippen MR) is 69.6 cm³/mol. The fourth-order valence-corrected chi connectivity index (χ4v) is 2.37. The molecule has 1 aliphatic heterocycles. The lowest BCUT2D eigenvalue weighted by molar-refractivity contribution is 0.436. The predicted octanol–water partition coefficient (Wildman–Crippen LogP) is 2.30. The molecule has 0 saturated carbocycles. The average Bonchev–Trinajstić information content (AvgIpc) is 2.29. The summed E-state index contributed by atoms with van der Waals surface area (Å²) in [6, 6.07) is 4.04. The van der Waals surface area contributed by atoms with Crippen LogP contribution >= 0.6 is 11.8 Å². The van der Waals surface area contributed by atoms with Gasteiger partial charge in [-0.05, 0) is 23.1 Å². The number of amidine groups is 1. The van der Waals surface area contributed by atoms with Gasteiger partial charge >= 0.3 is 0 Å². The van der Waals surface area contributed by atoms with Crippen LogP contribution in [0.5, 0.6) is 0 Å². The van der Waals surface area contributed by atoms with Gasteiger partial charge in [-0.2, -0.15) is 0 Å². The van der Waals surface area contributed by atoms with Crippen LogP contribution in [0, 0.1) is 5.41 Å². The number of aliphatic imine (C=N–C) groups is 1. The third-order valence-electron chi connectivity index (χ3n) is 2.44. The minimum absolute atomic E-state index is 0.340. The quantitative estimate of drug-likeness (QED) is 0.854. The van der Waals surface area contributed by atoms with E-state index in [1.54, 1.807) is 0 Å². The van der Waals surface area contributed by atoms with Gasteiger partial charge in [0.2, 0.25) is 0 Å². The fourth-order valence-electron chi connectivity index (χ4n) is 1.43. The van der Waals surface area contributed by atoms with E-state index in [9.17, 15) is 0 Å². The van der Waals surface area contributed by atoms with Crippen LogP contribution < -0.4 is 5.32 Å². The number of nitrogens with one attached hydrogen (secondary N) is 1. The van der Waals surface area contributed by atoms with Gasteiger partial charge in [-0.3, -0.25) is 9.98 Å². The van der Waals surface area contributed by atoms with Crippen molar-refractivity contribution < 1.29 is 0 Å². The smallest absolute Gasteiger partial charge is 0.156 e. The van der Waals surface area contributed by atoms with Gasteiger partial charge in [-0.15, -0.1) is 0 Å². The molecule has 4 heteroatoms. The normalized spacial score (nSPS) is 19.0. The fraction of sp³-hybridized carbons (Fsp3) is 0.500. The lowest BCUT2D eigenvalue weighted by atomic mass is 9.97. The van der Waals surface area contributed by atoms with Gasteiger partial charge in [0.25, 0.3) is 0 Å². The molecule has 2 heterocycles. The molecule has 16 heavy (non-hydrogen) atoms. The number of hydrogen-bond acceptors (Lipinski definition) is 4. The molecule has 0 aromatic carbocycles. The lowest BCUT2D eigenvalue weighted by Crippen LogP contribution is -2.30. The van der Waals surface area contributed by atoms with Crippen molar-refractivity contribution in [2.75, 3.05) is 12.3 Å². The highest BCUT2D eigenvalue weighted by Gasteiger charge is 2.22. The Hall–Kier alpha value is -1.03. The first kappa shape index (κ1) is 11.5. The van der Waals surface area contributed by atoms with Crippen LogP contribution in [-0.2, 0) is 6.54 Å². The number of rotatable bonds is 2. The van der Waals surface area contributed by atoms with E-state index in [4.69, 9.17) is 0 Å². The second-order valence-electron chi connectivity index (χ2n) is 4.78. The molecule has 0 fully saturated rings. The Morgan fingerprint density at radius 2 is 2.12 bits per heavy atom. The minimum atomic E-state index is 0.340. The van der Waals surface area contributed by atoms with Gasteiger partial charge in [0.15, 0.2) is 5.17 Å². The minimum Gasteiger partial charge on any atom is -0.361 e. The molecule has 0 saturated heterocycles. The summed E-state index contributed by atoms with van der Waals surface area (Å²) in [4.78, 5) is 8.55. The molecule has 0 atom stereocenters. The van der Waals surface area contributed by atoms with Crippen LogP contribution in [0.1, 0.15) is 19.4 Å². The van der Waals surface area contributed by atoms with E-state index in [2.05, 4.69) is 29.1 Å². The molecule has 1 N–H and O–H groups in total. The Kier molecular flexibility index (Phi) is 3.49. The molecule has 0 aliphatic carbocycles. The highest BCUT2D eigenvalue weighted by molar-refractivity contribution is 8.13. The van der Waals surface area contributed by atoms with Crippen molar-refractivity contribution >= 4 is 16.9 Å². The molecule has 0 radical (unpaired) electrons. The molecule has 0 unspecified atom stereocenters. The zero-order valence-corrected chi connectivity index (χ0v) is 10.5. The SMILES string of the molecule is CC1(C)CN=C(NCc2ccncc2)SC1. The summed E-state index contributed by atoms with van der Waals surface area (Å²) in [6.07, 6.45) is 3.63. The number of pyridine rings is 1. The largest absolute Gasteiger partial charge is 0.361 e. The van der Waals surface area contributed by atoms with Crippen molar-refractivity contribution in [3.05, 3.63) is 30.1 Å². The Labute approximate surface area is 101 Å². The van der Waals surface area contributed by atoms with E-state index in [0.29, 0.717) is 5.41 Å². The monoisotopic (exact) mass is 235 g/mol. The van der Waals surface area contributed by atoms with Crippen LogP contribution in [0.3, 0.4) is 0 Å². The zero-order valence-electron chi connectivity index (χ0n) is 9.73. The van der Waals surface area contributed by atoms with E-state index in [0.717, 1.165) is 24.0 Å². The van der Waals surface area contributed by atoms with Gasteiger partial charge in [0.1, 0.15) is 0 Å². The first-order chi connectivity index (χ1) is 7.66. The highest BCUT2D eigenvalue weighted by atomic mass is 32.2. The standard InChI is InChI=1S/C12H17N3S/c1-12(2)8-15-11(16-9-12)14-7-10-3-5-13-6-4-10/h3-6H,7-9H2,1-2H3,(H,14,15). The molecule has 1 aliphatic rings. The molecular weight excluding hydrogens is 218 g/mol. The van der Waals surface area contributed by atoms with Crippen molar-refractivity contribution in [1.82, 2.24) is 10.3 Å². The van der Waals surface area contributed by atoms with E-state index >= 15 is 0 Å². The number of hydrogen-bond donors (Lipinski definition) is 1. The second-order valence-corrected chi connectivity index (χ2v) is 5.75. The Morgan fingerprint density at radius 3 is 2.75 bits per heavy atom. The molecule has 0 bridgehead atoms. The summed E-state index contributed by atoms with van der Waals surface area (Å²) >= 11 is 1.81. The van der Waals surface area contributed by atoms with E-state index in [1.165, 1.54) is 5.56 Å². The van der Waals surface area contributed by atoms with Crippen LogP contribution in [0.25, 0.3) is 0 Å². The van der Waals surface area contributed by atoms with E-state index < -0.39 is 0 Å². The first-order valence-corrected chi connectivity index (χ1v) is 6.44. The zero-order chi connectivity index (χ0) is 11.4. The third-order valence-corrected chi connectivity index (χ3v) is 3.92. The molecule has 1 aromatic heterocycles. The number of aromatic nitrogens is 1. The molecule has 2 rings (SSSR count). The maximum absolute atomic E-state index is 4.55. The number of nitrogens with zero attached hydrogens (tertiary/aromatic N) is 2. The van der Waals surface area contributed by atoms with Crippen LogP contribution in [-0.4, -0.2) is 22.4 Å². The third kappa shape index (κ3) is 3.23. The molecular formula is C12H17N3S. The lowest BCUT2D eigenvalue weighted by Gasteiger charge is -2.27. The Bertz CT molecular complexity index is 373. The van der Waals surface area contributed by atoms with Crippen molar-refractivity contribution in [3.8, 4) is 0 Å². The van der Waals surface area contributed by atoms with E-state index in [1.807, 2.05) is 36.3 Å². The van der Waals surface area contributed by atoms with Gasteiger partial charge < -0.3 is 5.32 Å². The summed E-state index contributed by atoms with van der Waals surface area (Å²) < 4.78 is 0. The van der Waals surface area contributed by atoms with Crippen LogP contribution in [0.2, 0.25) is 0 Å². The maximum Gasteiger partial charge on any atom is 0.156 e. The summed E-state index contributed by atoms with van der Waals surface area (Å²) in [5, 5.41) is 4.43. The van der Waals surface area contributed by atoms with Gasteiger partial charge in [-0.25, -0.2) is 0 Å². The van der Waals surface area contributed by atoms with Gasteiger partial charge in [-0.1, -0.05) is 25.6 Å². The second kappa shape index (κ2) is 4.87. The first-order valence-electron chi connectivity index (χ1n) is 5.46. The van der Waals surface area contributed by atoms with Crippen molar-refractivity contribution in [3.63, 3.8) is 0 Å². The highest BCUT2D eigenvalue weighted by Crippen LogP contribution is 2.26. The topological polar surface area (TPSA) is 37.3 Å². The molecule has 3 nitrogen and oxygen atoms in total. The molecule has 86 valence electrons. The molecule has 0 amide bonds. The summed E-state index contributed by atoms with van der Waals surface area (Å²) in [7, 11) is 0. The number of thioether (sulfide) groups is 1.